The second-order valence-corrected chi connectivity index (χ2v) is 5.12. The number of ether oxygens (including phenoxy) is 2. The molecule has 0 amide bonds. The lowest BCUT2D eigenvalue weighted by Crippen LogP contribution is -2.16. The summed E-state index contributed by atoms with van der Waals surface area (Å²) in [6, 6.07) is 3.38. The Morgan fingerprint density at radius 1 is 1.16 bits per heavy atom. The van der Waals surface area contributed by atoms with Crippen LogP contribution in [0, 0.1) is 0 Å². The Balaban J connectivity index is 2.04. The van der Waals surface area contributed by atoms with Crippen molar-refractivity contribution < 1.29 is 14.3 Å². The Bertz CT molecular complexity index is 457. The molecule has 104 valence electrons. The van der Waals surface area contributed by atoms with Crippen molar-refractivity contribution in [1.82, 2.24) is 0 Å². The van der Waals surface area contributed by atoms with Gasteiger partial charge < -0.3 is 9.47 Å². The first kappa shape index (κ1) is 14.2. The zero-order valence-electron chi connectivity index (χ0n) is 11.2. The first-order valence-electron chi connectivity index (χ1n) is 6.84. The maximum atomic E-state index is 12.1. The maximum Gasteiger partial charge on any atom is 0.164 e. The van der Waals surface area contributed by atoms with Crippen LogP contribution < -0.4 is 9.47 Å². The van der Waals surface area contributed by atoms with Crippen molar-refractivity contribution in [3.63, 3.8) is 0 Å². The van der Waals surface area contributed by atoms with E-state index < -0.39 is 0 Å². The fraction of sp³-hybridized carbons (Fsp3) is 0.533. The van der Waals surface area contributed by atoms with Gasteiger partial charge >= 0.3 is 0 Å². The fourth-order valence-electron chi connectivity index (χ4n) is 2.12. The second-order valence-electron chi connectivity index (χ2n) is 4.71. The fourth-order valence-corrected chi connectivity index (χ4v) is 2.38. The van der Waals surface area contributed by atoms with E-state index >= 15 is 0 Å². The Labute approximate surface area is 118 Å². The molecule has 0 bridgehead atoms. The van der Waals surface area contributed by atoms with Gasteiger partial charge in [0.1, 0.15) is 13.2 Å². The van der Waals surface area contributed by atoms with Crippen LogP contribution in [-0.4, -0.2) is 19.0 Å². The largest absolute Gasteiger partial charge is 0.486 e. The number of ketones is 1. The van der Waals surface area contributed by atoms with E-state index in [1.165, 1.54) is 12.8 Å². The number of fused-ring (bicyclic) bond motifs is 1. The third-order valence-electron chi connectivity index (χ3n) is 3.19. The van der Waals surface area contributed by atoms with E-state index in [4.69, 9.17) is 21.1 Å². The van der Waals surface area contributed by atoms with Crippen LogP contribution in [0.4, 0.5) is 0 Å². The minimum Gasteiger partial charge on any atom is -0.486 e. The molecular formula is C15H19ClO3. The van der Waals surface area contributed by atoms with Crippen molar-refractivity contribution in [1.29, 1.82) is 0 Å². The highest BCUT2D eigenvalue weighted by atomic mass is 35.5. The van der Waals surface area contributed by atoms with Crippen LogP contribution >= 0.6 is 11.6 Å². The average molecular weight is 283 g/mol. The van der Waals surface area contributed by atoms with Gasteiger partial charge in [0.2, 0.25) is 0 Å². The minimum absolute atomic E-state index is 0.0816. The molecule has 0 N–H and O–H groups in total. The average Bonchev–Trinajstić information content (AvgIpc) is 2.42. The summed E-state index contributed by atoms with van der Waals surface area (Å²) in [7, 11) is 0. The van der Waals surface area contributed by atoms with Crippen molar-refractivity contribution in [3.05, 3.63) is 22.7 Å². The highest BCUT2D eigenvalue weighted by molar-refractivity contribution is 6.34. The predicted molar refractivity (Wildman–Crippen MR) is 75.5 cm³/mol. The van der Waals surface area contributed by atoms with Crippen LogP contribution in [0.25, 0.3) is 0 Å². The molecule has 1 aliphatic heterocycles. The zero-order valence-corrected chi connectivity index (χ0v) is 12.0. The lowest BCUT2D eigenvalue weighted by molar-refractivity contribution is 0.0978. The quantitative estimate of drug-likeness (QED) is 0.577. The van der Waals surface area contributed by atoms with Gasteiger partial charge in [0.25, 0.3) is 0 Å². The summed E-state index contributed by atoms with van der Waals surface area (Å²) in [5, 5.41) is 0.449. The number of rotatable bonds is 6. The normalized spacial score (nSPS) is 13.4. The molecule has 3 nitrogen and oxygen atoms in total. The molecule has 1 heterocycles. The molecule has 1 aliphatic rings. The molecule has 0 radical (unpaired) electrons. The van der Waals surface area contributed by atoms with Gasteiger partial charge in [0, 0.05) is 18.1 Å². The Kier molecular flexibility index (Phi) is 5.08. The zero-order chi connectivity index (χ0) is 13.7. The lowest BCUT2D eigenvalue weighted by Gasteiger charge is -2.19. The van der Waals surface area contributed by atoms with E-state index in [9.17, 15) is 4.79 Å². The molecule has 1 aromatic carbocycles. The van der Waals surface area contributed by atoms with Gasteiger partial charge in [-0.05, 0) is 12.5 Å². The SMILES string of the molecule is CCCCCCC(=O)c1cc2c(cc1Cl)OCCO2. The third kappa shape index (κ3) is 3.63. The molecule has 0 atom stereocenters. The van der Waals surface area contributed by atoms with Crippen molar-refractivity contribution in [2.75, 3.05) is 13.2 Å². The highest BCUT2D eigenvalue weighted by Crippen LogP contribution is 2.35. The molecule has 0 saturated carbocycles. The number of carbonyl (C=O) groups excluding carboxylic acids is 1. The van der Waals surface area contributed by atoms with E-state index in [0.29, 0.717) is 41.7 Å². The van der Waals surface area contributed by atoms with Crippen molar-refractivity contribution >= 4 is 17.4 Å². The standard InChI is InChI=1S/C15H19ClO3/c1-2-3-4-5-6-13(17)11-9-14-15(10-12(11)16)19-8-7-18-14/h9-10H,2-8H2,1H3. The smallest absolute Gasteiger partial charge is 0.164 e. The van der Waals surface area contributed by atoms with Gasteiger partial charge in [-0.3, -0.25) is 4.79 Å². The summed E-state index contributed by atoms with van der Waals surface area (Å²) < 4.78 is 10.9. The van der Waals surface area contributed by atoms with E-state index in [-0.39, 0.29) is 5.78 Å². The number of hydrogen-bond acceptors (Lipinski definition) is 3. The van der Waals surface area contributed by atoms with E-state index in [2.05, 4.69) is 6.92 Å². The number of halogens is 1. The number of benzene rings is 1. The summed E-state index contributed by atoms with van der Waals surface area (Å²) in [6.45, 7) is 3.19. The Morgan fingerprint density at radius 2 is 1.84 bits per heavy atom. The second kappa shape index (κ2) is 6.80. The van der Waals surface area contributed by atoms with E-state index in [1.807, 2.05) is 0 Å². The molecule has 4 heteroatoms. The third-order valence-corrected chi connectivity index (χ3v) is 3.50. The maximum absolute atomic E-state index is 12.1. The van der Waals surface area contributed by atoms with Crippen molar-refractivity contribution in [2.45, 2.75) is 39.0 Å². The monoisotopic (exact) mass is 282 g/mol. The first-order valence-corrected chi connectivity index (χ1v) is 7.22. The minimum atomic E-state index is 0.0816. The molecule has 2 rings (SSSR count). The van der Waals surface area contributed by atoms with Gasteiger partial charge in [-0.2, -0.15) is 0 Å². The molecule has 0 aromatic heterocycles. The number of Topliss-reactive ketones (excluding diaryl/α,β-unsaturated/α-hetero) is 1. The summed E-state index contributed by atoms with van der Waals surface area (Å²) in [6.07, 6.45) is 4.88. The number of hydrogen-bond donors (Lipinski definition) is 0. The topological polar surface area (TPSA) is 35.5 Å². The molecule has 19 heavy (non-hydrogen) atoms. The molecule has 1 aromatic rings. The van der Waals surface area contributed by atoms with Crippen LogP contribution in [0.15, 0.2) is 12.1 Å². The highest BCUT2D eigenvalue weighted by Gasteiger charge is 2.18. The summed E-state index contributed by atoms with van der Waals surface area (Å²) in [5.74, 6) is 1.32. The molecule has 0 spiro atoms. The van der Waals surface area contributed by atoms with Gasteiger partial charge in [-0.15, -0.1) is 0 Å². The van der Waals surface area contributed by atoms with E-state index in [1.54, 1.807) is 12.1 Å². The van der Waals surface area contributed by atoms with Gasteiger partial charge in [-0.1, -0.05) is 37.8 Å². The molecule has 0 aliphatic carbocycles. The van der Waals surface area contributed by atoms with Crippen LogP contribution in [-0.2, 0) is 0 Å². The van der Waals surface area contributed by atoms with Crippen LogP contribution in [0.2, 0.25) is 5.02 Å². The summed E-state index contributed by atoms with van der Waals surface area (Å²) in [5.41, 5.74) is 0.544. The molecular weight excluding hydrogens is 264 g/mol. The predicted octanol–water partition coefficient (Wildman–Crippen LogP) is 4.26. The van der Waals surface area contributed by atoms with Crippen molar-refractivity contribution in [3.8, 4) is 11.5 Å². The van der Waals surface area contributed by atoms with Crippen molar-refractivity contribution in [2.24, 2.45) is 0 Å². The Morgan fingerprint density at radius 3 is 2.53 bits per heavy atom. The summed E-state index contributed by atoms with van der Waals surface area (Å²) in [4.78, 5) is 12.1. The van der Waals surface area contributed by atoms with Crippen LogP contribution in [0.3, 0.4) is 0 Å². The first-order chi connectivity index (χ1) is 9.22. The molecule has 0 fully saturated rings. The number of carbonyl (C=O) groups is 1. The number of unbranched alkanes of at least 4 members (excludes halogenated alkanes) is 3. The van der Waals surface area contributed by atoms with E-state index in [0.717, 1.165) is 12.8 Å². The van der Waals surface area contributed by atoms with Gasteiger partial charge in [0.15, 0.2) is 17.3 Å². The lowest BCUT2D eigenvalue weighted by atomic mass is 10.0. The summed E-state index contributed by atoms with van der Waals surface area (Å²) >= 11 is 6.14. The van der Waals surface area contributed by atoms with Crippen LogP contribution in [0.5, 0.6) is 11.5 Å². The van der Waals surface area contributed by atoms with Gasteiger partial charge in [0.05, 0.1) is 5.02 Å². The van der Waals surface area contributed by atoms with Crippen LogP contribution in [0.1, 0.15) is 49.4 Å². The Hall–Kier alpha value is -1.22. The molecule has 0 saturated heterocycles. The van der Waals surface area contributed by atoms with Gasteiger partial charge in [-0.25, -0.2) is 0 Å². The molecule has 0 unspecified atom stereocenters.